The lowest BCUT2D eigenvalue weighted by Crippen LogP contribution is -2.26. The molecule has 106 valence electrons. The van der Waals surface area contributed by atoms with E-state index in [2.05, 4.69) is 10.2 Å². The Bertz CT molecular complexity index is 783. The van der Waals surface area contributed by atoms with Gasteiger partial charge in [0, 0.05) is 36.3 Å². The Morgan fingerprint density at radius 1 is 1.24 bits per heavy atom. The van der Waals surface area contributed by atoms with E-state index in [0.29, 0.717) is 22.9 Å². The molecule has 3 rings (SSSR count). The molecule has 0 aliphatic carbocycles. The fourth-order valence-corrected chi connectivity index (χ4v) is 2.36. The van der Waals surface area contributed by atoms with Crippen LogP contribution in [0, 0.1) is 5.82 Å². The summed E-state index contributed by atoms with van der Waals surface area (Å²) in [6.45, 7) is 0.445. The van der Waals surface area contributed by atoms with Gasteiger partial charge < -0.3 is 4.90 Å². The van der Waals surface area contributed by atoms with Crippen LogP contribution in [0.15, 0.2) is 48.8 Å². The second kappa shape index (κ2) is 5.36. The van der Waals surface area contributed by atoms with Crippen molar-refractivity contribution in [3.8, 4) is 0 Å². The summed E-state index contributed by atoms with van der Waals surface area (Å²) in [7, 11) is 1.72. The predicted molar refractivity (Wildman–Crippen MR) is 78.3 cm³/mol. The monoisotopic (exact) mass is 283 g/mol. The third-order valence-electron chi connectivity index (χ3n) is 3.42. The number of carbonyl (C=O) groups excluding carboxylic acids is 1. The highest BCUT2D eigenvalue weighted by atomic mass is 19.1. The van der Waals surface area contributed by atoms with E-state index in [1.165, 1.54) is 12.1 Å². The molecule has 0 aliphatic heterocycles. The Morgan fingerprint density at radius 2 is 2.00 bits per heavy atom. The Kier molecular flexibility index (Phi) is 3.39. The number of carbonyl (C=O) groups is 1. The zero-order chi connectivity index (χ0) is 14.8. The first-order valence-corrected chi connectivity index (χ1v) is 6.57. The standard InChI is InChI=1S/C16H14FN3O/c1-20(10-11-8-18-19-9-11)16(21)14-6-7-15(17)13-5-3-2-4-12(13)14/h2-9H,10H2,1H3,(H,18,19). The van der Waals surface area contributed by atoms with Gasteiger partial charge in [-0.1, -0.05) is 24.3 Å². The van der Waals surface area contributed by atoms with E-state index in [1.54, 1.807) is 48.6 Å². The molecule has 5 heteroatoms. The van der Waals surface area contributed by atoms with E-state index >= 15 is 0 Å². The predicted octanol–water partition coefficient (Wildman–Crippen LogP) is 2.97. The Balaban J connectivity index is 1.96. The molecule has 21 heavy (non-hydrogen) atoms. The first-order valence-electron chi connectivity index (χ1n) is 6.57. The van der Waals surface area contributed by atoms with Gasteiger partial charge in [0.1, 0.15) is 5.82 Å². The van der Waals surface area contributed by atoms with Crippen molar-refractivity contribution in [1.82, 2.24) is 15.1 Å². The van der Waals surface area contributed by atoms with Crippen LogP contribution in [0.1, 0.15) is 15.9 Å². The van der Waals surface area contributed by atoms with Crippen LogP contribution in [0.2, 0.25) is 0 Å². The van der Waals surface area contributed by atoms with E-state index in [0.717, 1.165) is 5.56 Å². The van der Waals surface area contributed by atoms with Crippen molar-refractivity contribution < 1.29 is 9.18 Å². The fraction of sp³-hybridized carbons (Fsp3) is 0.125. The van der Waals surface area contributed by atoms with Gasteiger partial charge in [-0.2, -0.15) is 5.10 Å². The molecule has 3 aromatic rings. The van der Waals surface area contributed by atoms with Crippen molar-refractivity contribution in [3.63, 3.8) is 0 Å². The molecule has 0 atom stereocenters. The van der Waals surface area contributed by atoms with E-state index in [1.807, 2.05) is 0 Å². The summed E-state index contributed by atoms with van der Waals surface area (Å²) in [4.78, 5) is 14.2. The molecule has 1 amide bonds. The summed E-state index contributed by atoms with van der Waals surface area (Å²) in [5.41, 5.74) is 1.41. The number of amides is 1. The molecule has 1 N–H and O–H groups in total. The largest absolute Gasteiger partial charge is 0.337 e. The molecule has 0 radical (unpaired) electrons. The maximum atomic E-state index is 13.8. The smallest absolute Gasteiger partial charge is 0.254 e. The third kappa shape index (κ3) is 2.50. The second-order valence-electron chi connectivity index (χ2n) is 4.91. The normalized spacial score (nSPS) is 10.8. The van der Waals surface area contributed by atoms with Gasteiger partial charge in [-0.15, -0.1) is 0 Å². The van der Waals surface area contributed by atoms with Gasteiger partial charge in [0.25, 0.3) is 5.91 Å². The topological polar surface area (TPSA) is 49.0 Å². The summed E-state index contributed by atoms with van der Waals surface area (Å²) in [6, 6.07) is 9.87. The van der Waals surface area contributed by atoms with Gasteiger partial charge in [0.05, 0.1) is 6.20 Å². The highest BCUT2D eigenvalue weighted by Gasteiger charge is 2.16. The maximum absolute atomic E-state index is 13.8. The lowest BCUT2D eigenvalue weighted by atomic mass is 10.0. The Hall–Kier alpha value is -2.69. The average Bonchev–Trinajstić information content (AvgIpc) is 3.00. The van der Waals surface area contributed by atoms with Crippen LogP contribution in [0.5, 0.6) is 0 Å². The third-order valence-corrected chi connectivity index (χ3v) is 3.42. The lowest BCUT2D eigenvalue weighted by Gasteiger charge is -2.17. The van der Waals surface area contributed by atoms with Crippen LogP contribution >= 0.6 is 0 Å². The van der Waals surface area contributed by atoms with Gasteiger partial charge in [0.2, 0.25) is 0 Å². The number of aromatic nitrogens is 2. The molecule has 1 aromatic heterocycles. The van der Waals surface area contributed by atoms with Gasteiger partial charge in [-0.3, -0.25) is 9.89 Å². The van der Waals surface area contributed by atoms with Crippen LogP contribution < -0.4 is 0 Å². The van der Waals surface area contributed by atoms with Crippen molar-refractivity contribution in [2.45, 2.75) is 6.54 Å². The number of rotatable bonds is 3. The molecule has 0 saturated carbocycles. The number of benzene rings is 2. The van der Waals surface area contributed by atoms with Crippen LogP contribution in [0.3, 0.4) is 0 Å². The number of H-pyrrole nitrogens is 1. The molecule has 0 aliphatic rings. The second-order valence-corrected chi connectivity index (χ2v) is 4.91. The number of halogens is 1. The molecule has 0 spiro atoms. The molecule has 0 unspecified atom stereocenters. The zero-order valence-electron chi connectivity index (χ0n) is 11.5. The fourth-order valence-electron chi connectivity index (χ4n) is 2.36. The van der Waals surface area contributed by atoms with Crippen LogP contribution in [-0.4, -0.2) is 28.1 Å². The molecular weight excluding hydrogens is 269 g/mol. The summed E-state index contributed by atoms with van der Waals surface area (Å²) in [6.07, 6.45) is 3.42. The molecule has 4 nitrogen and oxygen atoms in total. The molecule has 1 heterocycles. The van der Waals surface area contributed by atoms with Crippen LogP contribution in [-0.2, 0) is 6.54 Å². The van der Waals surface area contributed by atoms with Gasteiger partial charge in [-0.05, 0) is 17.5 Å². The quantitative estimate of drug-likeness (QED) is 0.803. The van der Waals surface area contributed by atoms with Crippen LogP contribution in [0.4, 0.5) is 4.39 Å². The molecule has 2 aromatic carbocycles. The molecule has 0 fully saturated rings. The highest BCUT2D eigenvalue weighted by Crippen LogP contribution is 2.23. The minimum atomic E-state index is -0.320. The molecule has 0 bridgehead atoms. The highest BCUT2D eigenvalue weighted by molar-refractivity contribution is 6.07. The minimum absolute atomic E-state index is 0.146. The summed E-state index contributed by atoms with van der Waals surface area (Å²) in [5, 5.41) is 7.65. The van der Waals surface area contributed by atoms with Crippen molar-refractivity contribution in [3.05, 3.63) is 65.7 Å². The first-order chi connectivity index (χ1) is 10.2. The minimum Gasteiger partial charge on any atom is -0.337 e. The van der Waals surface area contributed by atoms with E-state index < -0.39 is 0 Å². The average molecular weight is 283 g/mol. The van der Waals surface area contributed by atoms with Gasteiger partial charge in [-0.25, -0.2) is 4.39 Å². The van der Waals surface area contributed by atoms with Gasteiger partial charge in [0.15, 0.2) is 0 Å². The molecular formula is C16H14FN3O. The van der Waals surface area contributed by atoms with Crippen molar-refractivity contribution in [2.24, 2.45) is 0 Å². The number of nitrogens with one attached hydrogen (secondary N) is 1. The van der Waals surface area contributed by atoms with Crippen molar-refractivity contribution in [1.29, 1.82) is 0 Å². The van der Waals surface area contributed by atoms with Crippen molar-refractivity contribution in [2.75, 3.05) is 7.05 Å². The number of nitrogens with zero attached hydrogens (tertiary/aromatic N) is 2. The lowest BCUT2D eigenvalue weighted by molar-refractivity contribution is 0.0787. The van der Waals surface area contributed by atoms with Crippen molar-refractivity contribution >= 4 is 16.7 Å². The summed E-state index contributed by atoms with van der Waals surface area (Å²) < 4.78 is 13.8. The molecule has 0 saturated heterocycles. The zero-order valence-corrected chi connectivity index (χ0v) is 11.5. The number of hydrogen-bond donors (Lipinski definition) is 1. The van der Waals surface area contributed by atoms with Gasteiger partial charge >= 0.3 is 0 Å². The number of fused-ring (bicyclic) bond motifs is 1. The number of aromatic amines is 1. The van der Waals surface area contributed by atoms with E-state index in [-0.39, 0.29) is 11.7 Å². The SMILES string of the molecule is CN(Cc1cn[nH]c1)C(=O)c1ccc(F)c2ccccc12. The maximum Gasteiger partial charge on any atom is 0.254 e. The first kappa shape index (κ1) is 13.3. The Labute approximate surface area is 121 Å². The van der Waals surface area contributed by atoms with E-state index in [4.69, 9.17) is 0 Å². The summed E-state index contributed by atoms with van der Waals surface area (Å²) >= 11 is 0. The van der Waals surface area contributed by atoms with E-state index in [9.17, 15) is 9.18 Å². The number of hydrogen-bond acceptors (Lipinski definition) is 2. The van der Waals surface area contributed by atoms with Crippen LogP contribution in [0.25, 0.3) is 10.8 Å². The summed E-state index contributed by atoms with van der Waals surface area (Å²) in [5.74, 6) is -0.466. The Morgan fingerprint density at radius 3 is 2.71 bits per heavy atom.